The summed E-state index contributed by atoms with van der Waals surface area (Å²) in [4.78, 5) is 38.9. The van der Waals surface area contributed by atoms with Gasteiger partial charge < -0.3 is 25.0 Å². The second kappa shape index (κ2) is 9.29. The molecule has 0 spiro atoms. The summed E-state index contributed by atoms with van der Waals surface area (Å²) in [7, 11) is 1.32. The molecule has 0 aromatic carbocycles. The molecule has 2 amide bonds. The SMILES string of the molecule is COC(=O)c1c(NC(=O)C(=O)NCCC[NH+]2CCOCC2)sc2c1CCC2. The first-order valence-corrected chi connectivity index (χ1v) is 10.1. The number of esters is 1. The first-order valence-electron chi connectivity index (χ1n) is 9.33. The van der Waals surface area contributed by atoms with Gasteiger partial charge in [0.1, 0.15) is 18.1 Å². The van der Waals surface area contributed by atoms with Crippen LogP contribution in [-0.4, -0.2) is 64.3 Å². The molecule has 1 aliphatic heterocycles. The molecule has 9 heteroatoms. The molecule has 2 heterocycles. The van der Waals surface area contributed by atoms with Gasteiger partial charge in [-0.15, -0.1) is 11.3 Å². The summed E-state index contributed by atoms with van der Waals surface area (Å²) in [6.45, 7) is 4.90. The number of hydrogen-bond donors (Lipinski definition) is 3. The number of anilines is 1. The number of hydrogen-bond acceptors (Lipinski definition) is 6. The molecule has 0 radical (unpaired) electrons. The number of carbonyl (C=O) groups is 3. The molecule has 0 saturated carbocycles. The van der Waals surface area contributed by atoms with Gasteiger partial charge in [-0.3, -0.25) is 9.59 Å². The number of thiophene rings is 1. The summed E-state index contributed by atoms with van der Waals surface area (Å²) in [5, 5.41) is 5.64. The van der Waals surface area contributed by atoms with E-state index in [1.165, 1.54) is 23.3 Å². The number of rotatable bonds is 6. The molecule has 2 aliphatic rings. The van der Waals surface area contributed by atoms with E-state index < -0.39 is 17.8 Å². The van der Waals surface area contributed by atoms with Gasteiger partial charge in [-0.2, -0.15) is 0 Å². The van der Waals surface area contributed by atoms with Crippen molar-refractivity contribution in [3.63, 3.8) is 0 Å². The van der Waals surface area contributed by atoms with Crippen molar-refractivity contribution in [3.8, 4) is 0 Å². The lowest BCUT2D eigenvalue weighted by Gasteiger charge is -2.23. The number of fused-ring (bicyclic) bond motifs is 1. The lowest BCUT2D eigenvalue weighted by atomic mass is 10.1. The van der Waals surface area contributed by atoms with E-state index in [9.17, 15) is 14.4 Å². The third-order valence-electron chi connectivity index (χ3n) is 4.94. The zero-order valence-electron chi connectivity index (χ0n) is 15.5. The van der Waals surface area contributed by atoms with Crippen molar-refractivity contribution in [1.29, 1.82) is 0 Å². The Morgan fingerprint density at radius 2 is 1.96 bits per heavy atom. The van der Waals surface area contributed by atoms with Crippen molar-refractivity contribution in [2.75, 3.05) is 51.8 Å². The van der Waals surface area contributed by atoms with Crippen molar-refractivity contribution >= 4 is 34.1 Å². The predicted molar refractivity (Wildman–Crippen MR) is 100 cm³/mol. The van der Waals surface area contributed by atoms with Crippen LogP contribution in [0, 0.1) is 0 Å². The largest absolute Gasteiger partial charge is 0.465 e. The van der Waals surface area contributed by atoms with Gasteiger partial charge in [0.25, 0.3) is 0 Å². The van der Waals surface area contributed by atoms with Gasteiger partial charge in [-0.25, -0.2) is 4.79 Å². The molecule has 3 N–H and O–H groups in total. The van der Waals surface area contributed by atoms with E-state index in [1.807, 2.05) is 0 Å². The third-order valence-corrected chi connectivity index (χ3v) is 6.14. The van der Waals surface area contributed by atoms with Crippen LogP contribution >= 0.6 is 11.3 Å². The molecule has 3 rings (SSSR count). The molecule has 8 nitrogen and oxygen atoms in total. The Labute approximate surface area is 162 Å². The summed E-state index contributed by atoms with van der Waals surface area (Å²) < 4.78 is 10.2. The van der Waals surface area contributed by atoms with Crippen LogP contribution in [0.3, 0.4) is 0 Å². The maximum Gasteiger partial charge on any atom is 0.341 e. The number of morpholine rings is 1. The van der Waals surface area contributed by atoms with Crippen LogP contribution in [0.1, 0.15) is 33.6 Å². The molecule has 1 saturated heterocycles. The van der Waals surface area contributed by atoms with Crippen LogP contribution in [0.25, 0.3) is 0 Å². The highest BCUT2D eigenvalue weighted by Crippen LogP contribution is 2.39. The van der Waals surface area contributed by atoms with Gasteiger partial charge in [0.15, 0.2) is 0 Å². The van der Waals surface area contributed by atoms with E-state index in [1.54, 1.807) is 0 Å². The van der Waals surface area contributed by atoms with Crippen molar-refractivity contribution < 1.29 is 28.8 Å². The minimum absolute atomic E-state index is 0.395. The van der Waals surface area contributed by atoms with Crippen LogP contribution in [0.15, 0.2) is 0 Å². The summed E-state index contributed by atoms with van der Waals surface area (Å²) in [5.41, 5.74) is 1.34. The average Bonchev–Trinajstić information content (AvgIpc) is 3.26. The van der Waals surface area contributed by atoms with Crippen LogP contribution in [0.2, 0.25) is 0 Å². The van der Waals surface area contributed by atoms with Crippen LogP contribution in [-0.2, 0) is 31.9 Å². The lowest BCUT2D eigenvalue weighted by Crippen LogP contribution is -3.14. The minimum atomic E-state index is -0.751. The Bertz CT molecular complexity index is 712. The minimum Gasteiger partial charge on any atom is -0.465 e. The Morgan fingerprint density at radius 3 is 2.70 bits per heavy atom. The number of ether oxygens (including phenoxy) is 2. The van der Waals surface area contributed by atoms with Gasteiger partial charge in [-0.05, 0) is 24.8 Å². The molecule has 0 bridgehead atoms. The van der Waals surface area contributed by atoms with E-state index in [2.05, 4.69) is 10.6 Å². The first-order chi connectivity index (χ1) is 13.1. The predicted octanol–water partition coefficient (Wildman–Crippen LogP) is -0.617. The normalized spacial score (nSPS) is 16.6. The van der Waals surface area contributed by atoms with E-state index in [0.717, 1.165) is 69.0 Å². The number of nitrogens with one attached hydrogen (secondary N) is 3. The topological polar surface area (TPSA) is 98.2 Å². The Morgan fingerprint density at radius 1 is 1.19 bits per heavy atom. The second-order valence-corrected chi connectivity index (χ2v) is 7.83. The Kier molecular flexibility index (Phi) is 6.81. The molecule has 27 heavy (non-hydrogen) atoms. The average molecular weight is 396 g/mol. The molecule has 1 aromatic rings. The fraction of sp³-hybridized carbons (Fsp3) is 0.611. The molecule has 0 unspecified atom stereocenters. The highest BCUT2D eigenvalue weighted by Gasteiger charge is 2.29. The third kappa shape index (κ3) is 4.85. The van der Waals surface area contributed by atoms with Crippen molar-refractivity contribution in [2.24, 2.45) is 0 Å². The molecule has 1 aliphatic carbocycles. The van der Waals surface area contributed by atoms with Gasteiger partial charge in [-0.1, -0.05) is 0 Å². The molecule has 0 atom stereocenters. The number of carbonyl (C=O) groups excluding carboxylic acids is 3. The summed E-state index contributed by atoms with van der Waals surface area (Å²) in [6.07, 6.45) is 3.47. The zero-order chi connectivity index (χ0) is 19.2. The summed E-state index contributed by atoms with van der Waals surface area (Å²) in [5.74, 6) is -1.91. The number of amides is 2. The van der Waals surface area contributed by atoms with Gasteiger partial charge >= 0.3 is 17.8 Å². The lowest BCUT2D eigenvalue weighted by molar-refractivity contribution is -0.908. The van der Waals surface area contributed by atoms with Gasteiger partial charge in [0.2, 0.25) is 0 Å². The van der Waals surface area contributed by atoms with E-state index in [4.69, 9.17) is 9.47 Å². The Balaban J connectivity index is 1.49. The van der Waals surface area contributed by atoms with Crippen LogP contribution < -0.4 is 15.5 Å². The highest BCUT2D eigenvalue weighted by molar-refractivity contribution is 7.17. The number of quaternary nitrogens is 1. The van der Waals surface area contributed by atoms with E-state index >= 15 is 0 Å². The van der Waals surface area contributed by atoms with E-state index in [-0.39, 0.29) is 0 Å². The van der Waals surface area contributed by atoms with Gasteiger partial charge in [0, 0.05) is 17.8 Å². The maximum absolute atomic E-state index is 12.2. The summed E-state index contributed by atoms with van der Waals surface area (Å²) >= 11 is 1.36. The fourth-order valence-corrected chi connectivity index (χ4v) is 4.77. The monoisotopic (exact) mass is 396 g/mol. The van der Waals surface area contributed by atoms with Gasteiger partial charge in [0.05, 0.1) is 32.4 Å². The maximum atomic E-state index is 12.2. The van der Waals surface area contributed by atoms with Crippen molar-refractivity contribution in [1.82, 2.24) is 5.32 Å². The molecular weight excluding hydrogens is 370 g/mol. The van der Waals surface area contributed by atoms with Crippen molar-refractivity contribution in [2.45, 2.75) is 25.7 Å². The quantitative estimate of drug-likeness (QED) is 0.338. The Hall–Kier alpha value is -1.97. The molecule has 1 fully saturated rings. The fourth-order valence-electron chi connectivity index (χ4n) is 3.50. The van der Waals surface area contributed by atoms with Crippen LogP contribution in [0.4, 0.5) is 5.00 Å². The molecule has 148 valence electrons. The summed E-state index contributed by atoms with van der Waals surface area (Å²) in [6, 6.07) is 0. The van der Waals surface area contributed by atoms with E-state index in [0.29, 0.717) is 17.1 Å². The first kappa shape index (κ1) is 19.8. The molecular formula is C18H26N3O5S+. The van der Waals surface area contributed by atoms with Crippen LogP contribution in [0.5, 0.6) is 0 Å². The standard InChI is InChI=1S/C18H25N3O5S/c1-25-18(24)14-12-4-2-5-13(12)27-17(14)20-16(23)15(22)19-6-3-7-21-8-10-26-11-9-21/h2-11H2,1H3,(H,19,22)(H,20,23)/p+1. The highest BCUT2D eigenvalue weighted by atomic mass is 32.1. The van der Waals surface area contributed by atoms with Crippen molar-refractivity contribution in [3.05, 3.63) is 16.0 Å². The zero-order valence-corrected chi connectivity index (χ0v) is 16.3. The number of methoxy groups -OCH3 is 1. The molecule has 1 aromatic heterocycles. The number of aryl methyl sites for hydroxylation is 1. The smallest absolute Gasteiger partial charge is 0.341 e. The second-order valence-electron chi connectivity index (χ2n) is 6.73.